The van der Waals surface area contributed by atoms with Gasteiger partial charge in [-0.25, -0.2) is 0 Å². The van der Waals surface area contributed by atoms with Crippen molar-refractivity contribution in [3.05, 3.63) is 255 Å². The Morgan fingerprint density at radius 3 is 1.30 bits per heavy atom. The Morgan fingerprint density at radius 2 is 0.698 bits per heavy atom. The van der Waals surface area contributed by atoms with Crippen LogP contribution in [0.25, 0.3) is 77.2 Å². The summed E-state index contributed by atoms with van der Waals surface area (Å²) in [5.74, 6) is 0. The highest BCUT2D eigenvalue weighted by Crippen LogP contribution is 2.40. The Morgan fingerprint density at radius 1 is 0.254 bits per heavy atom. The third kappa shape index (κ3) is 5.93. The lowest BCUT2D eigenvalue weighted by atomic mass is 9.99. The summed E-state index contributed by atoms with van der Waals surface area (Å²) in [5, 5.41) is 10.4. The van der Waals surface area contributed by atoms with Gasteiger partial charge in [0.15, 0.2) is 8.07 Å². The minimum Gasteiger partial charge on any atom is -0.307 e. The maximum Gasteiger partial charge on any atom is 0.179 e. The van der Waals surface area contributed by atoms with E-state index < -0.39 is 8.07 Å². The van der Waals surface area contributed by atoms with E-state index in [2.05, 4.69) is 264 Å². The molecule has 0 spiro atoms. The number of fused-ring (bicyclic) bond motifs is 6. The van der Waals surface area contributed by atoms with Crippen molar-refractivity contribution in [2.24, 2.45) is 0 Å². The van der Waals surface area contributed by atoms with Gasteiger partial charge in [-0.2, -0.15) is 0 Å². The largest absolute Gasteiger partial charge is 0.307 e. The Balaban J connectivity index is 1.11. The Hall–Kier alpha value is -7.98. The molecule has 3 heteroatoms. The lowest BCUT2D eigenvalue weighted by molar-refractivity contribution is 1.13. The van der Waals surface area contributed by atoms with Crippen LogP contribution in [0.1, 0.15) is 0 Å². The molecule has 10 aromatic carbocycles. The summed E-state index contributed by atoms with van der Waals surface area (Å²) < 4.78 is 5.01. The van der Waals surface area contributed by atoms with Crippen molar-refractivity contribution in [3.8, 4) is 33.6 Å². The second-order valence-corrected chi connectivity index (χ2v) is 20.3. The van der Waals surface area contributed by atoms with E-state index >= 15 is 0 Å². The molecule has 0 atom stereocenters. The molecule has 296 valence electrons. The molecule has 0 fully saturated rings. The first-order valence-electron chi connectivity index (χ1n) is 21.8. The average molecular weight is 819 g/mol. The van der Waals surface area contributed by atoms with Crippen LogP contribution in [0.4, 0.5) is 0 Å². The molecule has 0 N–H and O–H groups in total. The number of hydrogen-bond donors (Lipinski definition) is 0. The van der Waals surface area contributed by atoms with E-state index in [0.717, 1.165) is 11.4 Å². The second kappa shape index (κ2) is 15.2. The molecule has 0 amide bonds. The van der Waals surface area contributed by atoms with Crippen LogP contribution in [0, 0.1) is 0 Å². The van der Waals surface area contributed by atoms with E-state index in [-0.39, 0.29) is 0 Å². The maximum atomic E-state index is 2.54. The molecular weight excluding hydrogens is 777 g/mol. The zero-order valence-electron chi connectivity index (χ0n) is 34.6. The highest BCUT2D eigenvalue weighted by Gasteiger charge is 2.41. The standard InChI is InChI=1S/C60H42N2Si/c1-5-19-43(20-6-1)45-21-17-22-46(41-45)44-35-37-47(38-36-44)61-56-32-15-14-30-53(56)55-31-18-34-58(60(55)61)62-57-33-16-13-29-52(57)54-40-39-51(42-59(54)62)63(48-23-7-2-8-24-48,49-25-9-3-10-26-49)50-27-11-4-12-28-50/h1-42H. The smallest absolute Gasteiger partial charge is 0.179 e. The highest BCUT2D eigenvalue weighted by molar-refractivity contribution is 7.20. The molecule has 0 bridgehead atoms. The summed E-state index contributed by atoms with van der Waals surface area (Å²) in [6.07, 6.45) is 0. The first-order chi connectivity index (χ1) is 31.3. The number of hydrogen-bond acceptors (Lipinski definition) is 0. The fourth-order valence-corrected chi connectivity index (χ4v) is 15.1. The predicted octanol–water partition coefficient (Wildman–Crippen LogP) is 12.6. The number of benzene rings is 10. The molecule has 0 unspecified atom stereocenters. The van der Waals surface area contributed by atoms with Gasteiger partial charge in [0.05, 0.1) is 27.8 Å². The molecule has 0 aliphatic heterocycles. The molecule has 0 aliphatic carbocycles. The van der Waals surface area contributed by atoms with Crippen LogP contribution < -0.4 is 20.7 Å². The van der Waals surface area contributed by atoms with Crippen molar-refractivity contribution in [1.29, 1.82) is 0 Å². The second-order valence-electron chi connectivity index (χ2n) is 16.5. The number of para-hydroxylation sites is 3. The fourth-order valence-electron chi connectivity index (χ4n) is 10.3. The van der Waals surface area contributed by atoms with Gasteiger partial charge in [-0.15, -0.1) is 0 Å². The summed E-state index contributed by atoms with van der Waals surface area (Å²) in [5.41, 5.74) is 11.9. The lowest BCUT2D eigenvalue weighted by Gasteiger charge is -2.34. The monoisotopic (exact) mass is 818 g/mol. The summed E-state index contributed by atoms with van der Waals surface area (Å²) in [6, 6.07) is 94.2. The van der Waals surface area contributed by atoms with E-state index in [1.807, 2.05) is 0 Å². The number of rotatable bonds is 8. The van der Waals surface area contributed by atoms with E-state index in [1.54, 1.807) is 0 Å². The average Bonchev–Trinajstić information content (AvgIpc) is 3.88. The maximum absolute atomic E-state index is 2.81. The fraction of sp³-hybridized carbons (Fsp3) is 0. The molecule has 0 saturated heterocycles. The van der Waals surface area contributed by atoms with Crippen LogP contribution in [-0.2, 0) is 0 Å². The molecule has 0 saturated carbocycles. The molecule has 0 radical (unpaired) electrons. The molecule has 0 aliphatic rings. The summed E-state index contributed by atoms with van der Waals surface area (Å²) >= 11 is 0. The van der Waals surface area contributed by atoms with Gasteiger partial charge in [0.1, 0.15) is 0 Å². The van der Waals surface area contributed by atoms with Gasteiger partial charge >= 0.3 is 0 Å². The Kier molecular flexibility index (Phi) is 8.87. The normalized spacial score (nSPS) is 11.8. The van der Waals surface area contributed by atoms with Crippen LogP contribution >= 0.6 is 0 Å². The molecule has 12 rings (SSSR count). The van der Waals surface area contributed by atoms with Crippen molar-refractivity contribution in [2.75, 3.05) is 0 Å². The van der Waals surface area contributed by atoms with Crippen molar-refractivity contribution in [2.45, 2.75) is 0 Å². The minimum atomic E-state index is -2.81. The molecule has 12 aromatic rings. The first kappa shape index (κ1) is 36.8. The molecular formula is C60H42N2Si. The predicted molar refractivity (Wildman–Crippen MR) is 270 cm³/mol. The van der Waals surface area contributed by atoms with E-state index in [1.165, 1.54) is 86.6 Å². The van der Waals surface area contributed by atoms with Gasteiger partial charge < -0.3 is 9.13 Å². The summed E-state index contributed by atoms with van der Waals surface area (Å²) in [6.45, 7) is 0. The van der Waals surface area contributed by atoms with Crippen molar-refractivity contribution < 1.29 is 0 Å². The summed E-state index contributed by atoms with van der Waals surface area (Å²) in [4.78, 5) is 0. The van der Waals surface area contributed by atoms with Gasteiger partial charge in [-0.1, -0.05) is 212 Å². The first-order valence-corrected chi connectivity index (χ1v) is 23.8. The number of nitrogens with zero attached hydrogens (tertiary/aromatic N) is 2. The lowest BCUT2D eigenvalue weighted by Crippen LogP contribution is -2.74. The zero-order chi connectivity index (χ0) is 41.7. The number of aromatic nitrogens is 2. The summed E-state index contributed by atoms with van der Waals surface area (Å²) in [7, 11) is -2.81. The van der Waals surface area contributed by atoms with Gasteiger partial charge in [-0.3, -0.25) is 0 Å². The molecule has 2 nitrogen and oxygen atoms in total. The Bertz CT molecular complexity index is 3490. The zero-order valence-corrected chi connectivity index (χ0v) is 35.6. The van der Waals surface area contributed by atoms with Crippen LogP contribution in [-0.4, -0.2) is 17.2 Å². The van der Waals surface area contributed by atoms with E-state index in [0.29, 0.717) is 0 Å². The van der Waals surface area contributed by atoms with Crippen LogP contribution in [0.15, 0.2) is 255 Å². The third-order valence-corrected chi connectivity index (χ3v) is 17.8. The minimum absolute atomic E-state index is 1.13. The van der Waals surface area contributed by atoms with Gasteiger partial charge in [0.2, 0.25) is 0 Å². The van der Waals surface area contributed by atoms with E-state index in [9.17, 15) is 0 Å². The SMILES string of the molecule is c1ccc(-c2cccc(-c3ccc(-n4c5ccccc5c5cccc(-n6c7ccccc7c7ccc([Si](c8ccccc8)(c8ccccc8)c8ccccc8)cc76)c54)cc3)c2)cc1. The third-order valence-electron chi connectivity index (χ3n) is 13.1. The molecule has 2 heterocycles. The highest BCUT2D eigenvalue weighted by atomic mass is 28.3. The van der Waals surface area contributed by atoms with Crippen molar-refractivity contribution >= 4 is 72.4 Å². The van der Waals surface area contributed by atoms with Crippen LogP contribution in [0.5, 0.6) is 0 Å². The Labute approximate surface area is 368 Å². The van der Waals surface area contributed by atoms with Crippen LogP contribution in [0.2, 0.25) is 0 Å². The van der Waals surface area contributed by atoms with Gasteiger partial charge in [0, 0.05) is 27.2 Å². The quantitative estimate of drug-likeness (QED) is 0.107. The van der Waals surface area contributed by atoms with Gasteiger partial charge in [0.25, 0.3) is 0 Å². The van der Waals surface area contributed by atoms with Gasteiger partial charge in [-0.05, 0) is 85.5 Å². The topological polar surface area (TPSA) is 9.86 Å². The molecule has 63 heavy (non-hydrogen) atoms. The van der Waals surface area contributed by atoms with Crippen molar-refractivity contribution in [3.63, 3.8) is 0 Å². The molecule has 2 aromatic heterocycles. The van der Waals surface area contributed by atoms with Crippen LogP contribution in [0.3, 0.4) is 0 Å². The van der Waals surface area contributed by atoms with Crippen molar-refractivity contribution in [1.82, 2.24) is 9.13 Å². The van der Waals surface area contributed by atoms with E-state index in [4.69, 9.17) is 0 Å².